The second-order valence-electron chi connectivity index (χ2n) is 15.2. The van der Waals surface area contributed by atoms with E-state index < -0.39 is 0 Å². The molecule has 0 fully saturated rings. The average molecular weight is 844 g/mol. The summed E-state index contributed by atoms with van der Waals surface area (Å²) >= 11 is 0. The maximum absolute atomic E-state index is 12.1. The van der Waals surface area contributed by atoms with Gasteiger partial charge >= 0.3 is 0 Å². The molecule has 2 atom stereocenters. The third kappa shape index (κ3) is 11.6. The fraction of sp³-hybridized carbons (Fsp3) is 0.383. The number of anilines is 3. The first-order valence-corrected chi connectivity index (χ1v) is 21.4. The van der Waals surface area contributed by atoms with E-state index in [4.69, 9.17) is 19.3 Å². The molecule has 3 aromatic heterocycles. The lowest BCUT2D eigenvalue weighted by molar-refractivity contribution is 0.105. The number of rotatable bonds is 17. The number of imidazole rings is 1. The van der Waals surface area contributed by atoms with Crippen molar-refractivity contribution in [1.82, 2.24) is 35.1 Å². The van der Waals surface area contributed by atoms with Gasteiger partial charge in [0.05, 0.1) is 41.5 Å². The quantitative estimate of drug-likeness (QED) is 0.0264. The number of aryl methyl sites for hydroxylation is 3. The lowest BCUT2D eigenvalue weighted by Gasteiger charge is -2.22. The summed E-state index contributed by atoms with van der Waals surface area (Å²) in [5.74, 6) is 1.70. The number of benzene rings is 2. The maximum Gasteiger partial charge on any atom is 0.228 e. The van der Waals surface area contributed by atoms with Crippen molar-refractivity contribution in [3.05, 3.63) is 113 Å². The highest BCUT2D eigenvalue weighted by Crippen LogP contribution is 2.37. The van der Waals surface area contributed by atoms with Crippen molar-refractivity contribution in [1.29, 1.82) is 0 Å². The molecule has 328 valence electrons. The van der Waals surface area contributed by atoms with Crippen molar-refractivity contribution in [2.45, 2.75) is 86.5 Å². The van der Waals surface area contributed by atoms with Gasteiger partial charge in [-0.15, -0.1) is 0 Å². The second-order valence-corrected chi connectivity index (χ2v) is 15.2. The Labute approximate surface area is 364 Å². The molecule has 4 heterocycles. The van der Waals surface area contributed by atoms with Crippen LogP contribution in [0.15, 0.2) is 84.6 Å². The number of allylic oxidation sites excluding steroid dienone is 2. The molecule has 2 unspecified atom stereocenters. The number of hydrazone groups is 1. The van der Waals surface area contributed by atoms with Crippen molar-refractivity contribution in [3.8, 4) is 11.5 Å². The smallest absolute Gasteiger partial charge is 0.228 e. The highest BCUT2D eigenvalue weighted by Gasteiger charge is 2.20. The van der Waals surface area contributed by atoms with Gasteiger partial charge in [-0.2, -0.15) is 10.2 Å². The Morgan fingerprint density at radius 2 is 1.92 bits per heavy atom. The van der Waals surface area contributed by atoms with E-state index in [0.717, 1.165) is 82.3 Å². The van der Waals surface area contributed by atoms with E-state index in [2.05, 4.69) is 99.8 Å². The number of hydrogen-bond donors (Lipinski definition) is 5. The SMILES string of the molecule is C=C(NCCc1ncccc1C)c1cc(NC(C)/C=C/C(C)=N\NCC)c2c(c1)OCCCOc1cc(C=O)cc3nc(NOC(C)c4cc(C)nn4CC)n(c13)C/C=C/CN2. The van der Waals surface area contributed by atoms with E-state index in [1.807, 2.05) is 67.4 Å². The summed E-state index contributed by atoms with van der Waals surface area (Å²) < 4.78 is 16.9. The van der Waals surface area contributed by atoms with E-state index in [-0.39, 0.29) is 12.1 Å². The molecule has 1 aliphatic rings. The summed E-state index contributed by atoms with van der Waals surface area (Å²) in [5.41, 5.74) is 16.2. The van der Waals surface area contributed by atoms with Gasteiger partial charge in [-0.05, 0) is 96.5 Å². The molecule has 0 radical (unpaired) electrons. The van der Waals surface area contributed by atoms with Gasteiger partial charge in [-0.25, -0.2) is 10.5 Å². The zero-order valence-electron chi connectivity index (χ0n) is 37.0. The highest BCUT2D eigenvalue weighted by atomic mass is 16.7. The summed E-state index contributed by atoms with van der Waals surface area (Å²) in [6, 6.07) is 13.6. The molecule has 5 N–H and O–H groups in total. The molecule has 15 nitrogen and oxygen atoms in total. The van der Waals surface area contributed by atoms with E-state index >= 15 is 0 Å². The summed E-state index contributed by atoms with van der Waals surface area (Å²) in [6.45, 7) is 22.3. The van der Waals surface area contributed by atoms with Gasteiger partial charge in [0.15, 0.2) is 0 Å². The molecule has 15 heteroatoms. The number of nitrogens with one attached hydrogen (secondary N) is 5. The number of carbonyl (C=O) groups excluding carboxylic acids is 1. The van der Waals surface area contributed by atoms with E-state index in [0.29, 0.717) is 67.8 Å². The Kier molecular flexibility index (Phi) is 15.8. The topological polar surface area (TPSA) is 166 Å². The molecule has 1 aliphatic heterocycles. The van der Waals surface area contributed by atoms with Crippen molar-refractivity contribution in [2.75, 3.05) is 49.0 Å². The Bertz CT molecular complexity index is 2410. The first-order valence-electron chi connectivity index (χ1n) is 21.4. The van der Waals surface area contributed by atoms with Crippen LogP contribution in [-0.2, 0) is 24.3 Å². The molecular formula is C47H61N11O4. The second kappa shape index (κ2) is 21.8. The summed E-state index contributed by atoms with van der Waals surface area (Å²) in [6.07, 6.45) is 11.8. The number of aromatic nitrogens is 5. The lowest BCUT2D eigenvalue weighted by Crippen LogP contribution is -2.18. The number of nitrogens with zero attached hydrogens (tertiary/aromatic N) is 6. The van der Waals surface area contributed by atoms with Gasteiger partial charge in [0.2, 0.25) is 5.95 Å². The first-order chi connectivity index (χ1) is 30.1. The van der Waals surface area contributed by atoms with Crippen LogP contribution in [0.2, 0.25) is 0 Å². The fourth-order valence-corrected chi connectivity index (χ4v) is 7.11. The zero-order valence-corrected chi connectivity index (χ0v) is 37.0. The van der Waals surface area contributed by atoms with Crippen LogP contribution >= 0.6 is 0 Å². The maximum atomic E-state index is 12.1. The van der Waals surface area contributed by atoms with Crippen LogP contribution in [0, 0.1) is 13.8 Å². The normalized spacial score (nSPS) is 14.9. The van der Waals surface area contributed by atoms with E-state index in [1.165, 1.54) is 0 Å². The van der Waals surface area contributed by atoms with Gasteiger partial charge in [0.25, 0.3) is 0 Å². The number of hydrogen-bond acceptors (Lipinski definition) is 13. The molecule has 62 heavy (non-hydrogen) atoms. The van der Waals surface area contributed by atoms with Crippen LogP contribution in [0.3, 0.4) is 0 Å². The van der Waals surface area contributed by atoms with Crippen LogP contribution in [-0.4, -0.2) is 75.2 Å². The van der Waals surface area contributed by atoms with Crippen LogP contribution in [0.5, 0.6) is 11.5 Å². The Balaban J connectivity index is 1.28. The van der Waals surface area contributed by atoms with Gasteiger partial charge in [-0.3, -0.25) is 19.3 Å². The predicted molar refractivity (Wildman–Crippen MR) is 249 cm³/mol. The van der Waals surface area contributed by atoms with Crippen LogP contribution in [0.25, 0.3) is 16.7 Å². The first kappa shape index (κ1) is 44.9. The predicted octanol–water partition coefficient (Wildman–Crippen LogP) is 8.16. The number of aldehydes is 1. The summed E-state index contributed by atoms with van der Waals surface area (Å²) in [4.78, 5) is 27.7. The number of pyridine rings is 1. The Morgan fingerprint density at radius 3 is 2.69 bits per heavy atom. The van der Waals surface area contributed by atoms with Crippen molar-refractivity contribution >= 4 is 46.1 Å². The molecule has 0 amide bonds. The number of ether oxygens (including phenoxy) is 2. The number of carbonyl (C=O) groups is 1. The Hall–Kier alpha value is -6.61. The highest BCUT2D eigenvalue weighted by molar-refractivity contribution is 5.93. The largest absolute Gasteiger partial charge is 0.491 e. The zero-order chi connectivity index (χ0) is 44.0. The Morgan fingerprint density at radius 1 is 1.10 bits per heavy atom. The molecule has 6 rings (SSSR count). The summed E-state index contributed by atoms with van der Waals surface area (Å²) in [7, 11) is 0. The monoisotopic (exact) mass is 843 g/mol. The van der Waals surface area contributed by atoms with Crippen molar-refractivity contribution in [3.63, 3.8) is 0 Å². The lowest BCUT2D eigenvalue weighted by atomic mass is 10.1. The van der Waals surface area contributed by atoms with Crippen LogP contribution in [0.1, 0.15) is 85.7 Å². The minimum absolute atomic E-state index is 0.0577. The van der Waals surface area contributed by atoms with E-state index in [9.17, 15) is 4.79 Å². The molecule has 0 saturated carbocycles. The van der Waals surface area contributed by atoms with Gasteiger partial charge in [0, 0.05) is 80.3 Å². The van der Waals surface area contributed by atoms with Gasteiger partial charge in [-0.1, -0.05) is 30.9 Å². The minimum Gasteiger partial charge on any atom is -0.491 e. The third-order valence-corrected chi connectivity index (χ3v) is 10.3. The fourth-order valence-electron chi connectivity index (χ4n) is 7.11. The van der Waals surface area contributed by atoms with Gasteiger partial charge < -0.3 is 35.4 Å². The van der Waals surface area contributed by atoms with Crippen molar-refractivity contribution in [2.24, 2.45) is 5.10 Å². The van der Waals surface area contributed by atoms with Crippen LogP contribution < -0.4 is 36.3 Å². The van der Waals surface area contributed by atoms with Crippen LogP contribution in [0.4, 0.5) is 17.3 Å². The standard InChI is InChI=1S/C47H61N11O4/c1-9-51-54-33(5)17-16-32(4)52-40-28-38(35(7)48-21-18-39-31(3)15-13-20-49-39)29-43-45(40)50-19-11-12-22-57-46-41(26-37(30-59)27-44(46)61-24-14-23-60-43)53-47(57)56-62-36(8)42-25-34(6)55-58(42)10-2/h11-13,15-17,20,25-30,32,36,48,50-52H,7,9-10,14,18-19,21-24H2,1-6,8H3,(H,53,56)/b12-11+,17-16+,54-33-. The average Bonchev–Trinajstić information content (AvgIpc) is 3.83. The number of fused-ring (bicyclic) bond motifs is 1. The molecule has 0 spiro atoms. The molecule has 0 aliphatic carbocycles. The minimum atomic E-state index is -0.326. The molecule has 0 saturated heterocycles. The molecule has 2 aromatic carbocycles. The molecule has 0 bridgehead atoms. The van der Waals surface area contributed by atoms with Gasteiger partial charge in [0.1, 0.15) is 35.1 Å². The summed E-state index contributed by atoms with van der Waals surface area (Å²) in [5, 5.41) is 19.8. The molecular weight excluding hydrogens is 783 g/mol. The molecule has 5 aromatic rings. The van der Waals surface area contributed by atoms with E-state index in [1.54, 1.807) is 12.1 Å². The van der Waals surface area contributed by atoms with Crippen molar-refractivity contribution < 1.29 is 19.1 Å². The third-order valence-electron chi connectivity index (χ3n) is 10.3.